The van der Waals surface area contributed by atoms with Crippen LogP contribution in [-0.4, -0.2) is 22.4 Å². The number of para-hydroxylation sites is 2. The van der Waals surface area contributed by atoms with Gasteiger partial charge in [-0.2, -0.15) is 0 Å². The van der Waals surface area contributed by atoms with Crippen molar-refractivity contribution in [1.82, 2.24) is 4.98 Å². The van der Waals surface area contributed by atoms with Crippen molar-refractivity contribution in [3.05, 3.63) is 57.6 Å². The topological polar surface area (TPSA) is 94.4 Å². The highest BCUT2D eigenvalue weighted by Gasteiger charge is 2.15. The highest BCUT2D eigenvalue weighted by molar-refractivity contribution is 7.22. The van der Waals surface area contributed by atoms with Crippen LogP contribution in [0.5, 0.6) is 5.75 Å². The van der Waals surface area contributed by atoms with Crippen molar-refractivity contribution in [2.75, 3.05) is 11.9 Å². The van der Waals surface area contributed by atoms with Gasteiger partial charge in [0.05, 0.1) is 15.1 Å². The van der Waals surface area contributed by atoms with Crippen molar-refractivity contribution >= 4 is 49.9 Å². The molecule has 0 saturated carbocycles. The van der Waals surface area contributed by atoms with Gasteiger partial charge < -0.3 is 4.74 Å². The number of amides is 1. The number of carbonyl (C=O) groups is 1. The number of halogens is 1. The summed E-state index contributed by atoms with van der Waals surface area (Å²) in [4.78, 5) is 26.5. The number of ether oxygens (including phenoxy) is 1. The minimum atomic E-state index is -0.565. The highest BCUT2D eigenvalue weighted by Crippen LogP contribution is 2.28. The number of nitro groups is 1. The van der Waals surface area contributed by atoms with E-state index in [-0.39, 0.29) is 18.0 Å². The normalized spacial score (nSPS) is 10.5. The number of rotatable bonds is 5. The third-order valence-electron chi connectivity index (χ3n) is 3.02. The molecule has 0 fully saturated rings. The molecule has 0 aliphatic carbocycles. The number of nitrogens with one attached hydrogen (secondary N) is 1. The molecule has 7 nitrogen and oxygen atoms in total. The molecule has 0 atom stereocenters. The second kappa shape index (κ2) is 6.81. The van der Waals surface area contributed by atoms with E-state index in [1.807, 2.05) is 0 Å². The Morgan fingerprint density at radius 3 is 2.92 bits per heavy atom. The molecule has 0 aliphatic rings. The van der Waals surface area contributed by atoms with E-state index in [1.54, 1.807) is 24.3 Å². The zero-order valence-electron chi connectivity index (χ0n) is 12.1. The number of benzene rings is 2. The molecule has 122 valence electrons. The first-order chi connectivity index (χ1) is 11.5. The van der Waals surface area contributed by atoms with Crippen LogP contribution in [0.1, 0.15) is 0 Å². The molecule has 0 saturated heterocycles. The Kier molecular flexibility index (Phi) is 4.59. The summed E-state index contributed by atoms with van der Waals surface area (Å²) in [5.74, 6) is -0.424. The van der Waals surface area contributed by atoms with Gasteiger partial charge in [-0.05, 0) is 24.3 Å². The molecule has 1 heterocycles. The van der Waals surface area contributed by atoms with Gasteiger partial charge in [-0.1, -0.05) is 35.1 Å². The van der Waals surface area contributed by atoms with Crippen LogP contribution < -0.4 is 10.1 Å². The average molecular weight is 364 g/mol. The van der Waals surface area contributed by atoms with Gasteiger partial charge in [0.25, 0.3) is 5.91 Å². The Labute approximate surface area is 145 Å². The number of nitrogens with zero attached hydrogens (tertiary/aromatic N) is 2. The minimum Gasteiger partial charge on any atom is -0.477 e. The SMILES string of the molecule is O=C(COc1ccccc1[N+](=O)[O-])Nc1nc2ccc(Cl)cc2s1. The molecule has 0 unspecified atom stereocenters. The first-order valence-electron chi connectivity index (χ1n) is 6.75. The first kappa shape index (κ1) is 16.2. The summed E-state index contributed by atoms with van der Waals surface area (Å²) in [6.45, 7) is -0.360. The molecule has 0 radical (unpaired) electrons. The first-order valence-corrected chi connectivity index (χ1v) is 7.94. The van der Waals surface area contributed by atoms with Crippen molar-refractivity contribution < 1.29 is 14.5 Å². The maximum Gasteiger partial charge on any atom is 0.310 e. The summed E-state index contributed by atoms with van der Waals surface area (Å²) in [7, 11) is 0. The lowest BCUT2D eigenvalue weighted by molar-refractivity contribution is -0.385. The van der Waals surface area contributed by atoms with E-state index in [4.69, 9.17) is 16.3 Å². The summed E-state index contributed by atoms with van der Waals surface area (Å²) in [6.07, 6.45) is 0. The standard InChI is InChI=1S/C15H10ClN3O4S/c16-9-5-6-10-13(7-9)24-15(17-10)18-14(20)8-23-12-4-2-1-3-11(12)19(21)22/h1-7H,8H2,(H,17,18,20). The lowest BCUT2D eigenvalue weighted by atomic mass is 10.3. The van der Waals surface area contributed by atoms with Gasteiger partial charge >= 0.3 is 5.69 Å². The smallest absolute Gasteiger partial charge is 0.310 e. The van der Waals surface area contributed by atoms with Crippen molar-refractivity contribution in [3.8, 4) is 5.75 Å². The molecular formula is C15H10ClN3O4S. The lowest BCUT2D eigenvalue weighted by Crippen LogP contribution is -2.20. The molecule has 0 spiro atoms. The maximum absolute atomic E-state index is 11.9. The van der Waals surface area contributed by atoms with Crippen LogP contribution in [0, 0.1) is 10.1 Å². The molecule has 1 amide bonds. The lowest BCUT2D eigenvalue weighted by Gasteiger charge is -2.05. The number of carbonyl (C=O) groups excluding carboxylic acids is 1. The van der Waals surface area contributed by atoms with E-state index in [0.29, 0.717) is 10.2 Å². The predicted molar refractivity (Wildman–Crippen MR) is 91.9 cm³/mol. The molecule has 0 bridgehead atoms. The Morgan fingerprint density at radius 2 is 2.12 bits per heavy atom. The fourth-order valence-corrected chi connectivity index (χ4v) is 3.14. The fourth-order valence-electron chi connectivity index (χ4n) is 1.98. The molecular weight excluding hydrogens is 354 g/mol. The molecule has 2 aromatic carbocycles. The van der Waals surface area contributed by atoms with Crippen molar-refractivity contribution in [2.24, 2.45) is 0 Å². The summed E-state index contributed by atoms with van der Waals surface area (Å²) < 4.78 is 6.07. The molecule has 24 heavy (non-hydrogen) atoms. The molecule has 9 heteroatoms. The summed E-state index contributed by atoms with van der Waals surface area (Å²) in [5.41, 5.74) is 0.527. The zero-order valence-corrected chi connectivity index (χ0v) is 13.6. The summed E-state index contributed by atoms with van der Waals surface area (Å²) in [6, 6.07) is 11.1. The zero-order chi connectivity index (χ0) is 17.1. The van der Waals surface area contributed by atoms with Crippen LogP contribution in [0.15, 0.2) is 42.5 Å². The van der Waals surface area contributed by atoms with Crippen LogP contribution in [0.25, 0.3) is 10.2 Å². The number of hydrogen-bond donors (Lipinski definition) is 1. The third-order valence-corrected chi connectivity index (χ3v) is 4.19. The molecule has 3 aromatic rings. The number of thiazole rings is 1. The number of nitro benzene ring substituents is 1. The van der Waals surface area contributed by atoms with E-state index < -0.39 is 10.8 Å². The van der Waals surface area contributed by atoms with Crippen LogP contribution in [0.3, 0.4) is 0 Å². The van der Waals surface area contributed by atoms with Crippen LogP contribution >= 0.6 is 22.9 Å². The van der Waals surface area contributed by atoms with E-state index in [2.05, 4.69) is 10.3 Å². The Bertz CT molecular complexity index is 928. The minimum absolute atomic E-state index is 0.0359. The van der Waals surface area contributed by atoms with Gasteiger partial charge in [-0.25, -0.2) is 4.98 Å². The van der Waals surface area contributed by atoms with Gasteiger partial charge in [0.2, 0.25) is 0 Å². The monoisotopic (exact) mass is 363 g/mol. The third kappa shape index (κ3) is 3.61. The molecule has 1 N–H and O–H groups in total. The highest BCUT2D eigenvalue weighted by atomic mass is 35.5. The number of aromatic nitrogens is 1. The van der Waals surface area contributed by atoms with E-state index >= 15 is 0 Å². The molecule has 3 rings (SSSR count). The Hall–Kier alpha value is -2.71. The molecule has 1 aromatic heterocycles. The quantitative estimate of drug-likeness (QED) is 0.548. The van der Waals surface area contributed by atoms with E-state index in [9.17, 15) is 14.9 Å². The Morgan fingerprint density at radius 1 is 1.33 bits per heavy atom. The van der Waals surface area contributed by atoms with Crippen LogP contribution in [-0.2, 0) is 4.79 Å². The number of fused-ring (bicyclic) bond motifs is 1. The van der Waals surface area contributed by atoms with Crippen LogP contribution in [0.4, 0.5) is 10.8 Å². The fraction of sp³-hybridized carbons (Fsp3) is 0.0667. The van der Waals surface area contributed by atoms with Crippen molar-refractivity contribution in [2.45, 2.75) is 0 Å². The van der Waals surface area contributed by atoms with Gasteiger partial charge in [0, 0.05) is 11.1 Å². The second-order valence-corrected chi connectivity index (χ2v) is 6.16. The van der Waals surface area contributed by atoms with E-state index in [0.717, 1.165) is 10.2 Å². The van der Waals surface area contributed by atoms with E-state index in [1.165, 1.54) is 29.5 Å². The largest absolute Gasteiger partial charge is 0.477 e. The number of anilines is 1. The average Bonchev–Trinajstić information content (AvgIpc) is 2.94. The Balaban J connectivity index is 1.66. The van der Waals surface area contributed by atoms with Gasteiger partial charge in [-0.3, -0.25) is 20.2 Å². The van der Waals surface area contributed by atoms with Gasteiger partial charge in [0.1, 0.15) is 0 Å². The maximum atomic E-state index is 11.9. The summed E-state index contributed by atoms with van der Waals surface area (Å²) >= 11 is 7.19. The van der Waals surface area contributed by atoms with Gasteiger partial charge in [-0.15, -0.1) is 0 Å². The number of hydrogen-bond acceptors (Lipinski definition) is 6. The van der Waals surface area contributed by atoms with Gasteiger partial charge in [0.15, 0.2) is 17.5 Å². The van der Waals surface area contributed by atoms with Crippen molar-refractivity contribution in [1.29, 1.82) is 0 Å². The second-order valence-electron chi connectivity index (χ2n) is 4.69. The molecule has 0 aliphatic heterocycles. The van der Waals surface area contributed by atoms with Crippen LogP contribution in [0.2, 0.25) is 5.02 Å². The van der Waals surface area contributed by atoms with Crippen molar-refractivity contribution in [3.63, 3.8) is 0 Å². The predicted octanol–water partition coefficient (Wildman–Crippen LogP) is 3.88. The summed E-state index contributed by atoms with van der Waals surface area (Å²) in [5, 5.41) is 14.5.